The maximum Gasteiger partial charge on any atom is 0.329 e. The minimum Gasteiger partial charge on any atom is -0.462 e. The molecular formula is C87H147NO18. The number of rotatable bonds is 47. The number of carbonyl (C=O) groups is 8. The van der Waals surface area contributed by atoms with Crippen LogP contribution in [0.4, 0.5) is 0 Å². The molecule has 2 unspecified atom stereocenters. The number of esters is 5. The van der Waals surface area contributed by atoms with Crippen molar-refractivity contribution in [3.63, 3.8) is 0 Å². The summed E-state index contributed by atoms with van der Waals surface area (Å²) in [5, 5.41) is 23.4. The van der Waals surface area contributed by atoms with Crippen LogP contribution in [0.3, 0.4) is 0 Å². The van der Waals surface area contributed by atoms with E-state index >= 15 is 9.59 Å². The molecule has 14 atom stereocenters. The summed E-state index contributed by atoms with van der Waals surface area (Å²) in [5.41, 5.74) is -0.571. The van der Waals surface area contributed by atoms with E-state index in [1.165, 1.54) is 120 Å². The zero-order valence-corrected chi connectivity index (χ0v) is 67.8. The maximum atomic E-state index is 15.1. The van der Waals surface area contributed by atoms with Crippen molar-refractivity contribution in [2.24, 2.45) is 35.5 Å². The third kappa shape index (κ3) is 35.0. The smallest absolute Gasteiger partial charge is 0.329 e. The fourth-order valence-corrected chi connectivity index (χ4v) is 16.6. The van der Waals surface area contributed by atoms with Crippen LogP contribution in [0.5, 0.6) is 0 Å². The second kappa shape index (κ2) is 53.9. The van der Waals surface area contributed by atoms with Crippen LogP contribution in [-0.2, 0) is 76.3 Å². The van der Waals surface area contributed by atoms with Gasteiger partial charge in [-0.25, -0.2) is 4.79 Å². The first-order valence-electron chi connectivity index (χ1n) is 42.3. The van der Waals surface area contributed by atoms with Crippen LogP contribution in [0.25, 0.3) is 0 Å². The molecule has 0 aromatic heterocycles. The zero-order chi connectivity index (χ0) is 77.7. The van der Waals surface area contributed by atoms with E-state index in [9.17, 15) is 39.0 Å². The van der Waals surface area contributed by atoms with Crippen LogP contribution in [0.2, 0.25) is 0 Å². The predicted molar refractivity (Wildman–Crippen MR) is 415 cm³/mol. The van der Waals surface area contributed by atoms with Gasteiger partial charge in [-0.1, -0.05) is 219 Å². The highest BCUT2D eigenvalue weighted by atomic mass is 16.6. The number of hydrogen-bond acceptors (Lipinski definition) is 18. The minimum absolute atomic E-state index is 0.00676. The third-order valence-corrected chi connectivity index (χ3v) is 23.2. The molecule has 19 heteroatoms. The van der Waals surface area contributed by atoms with Gasteiger partial charge in [-0.2, -0.15) is 0 Å². The number of amides is 1. The maximum absolute atomic E-state index is 15.1. The molecule has 4 aliphatic rings. The van der Waals surface area contributed by atoms with Crippen molar-refractivity contribution in [2.75, 3.05) is 41.1 Å². The fraction of sp³-hybridized carbons (Fsp3) is 0.839. The lowest BCUT2D eigenvalue weighted by Gasteiger charge is -2.47. The first-order valence-corrected chi connectivity index (χ1v) is 42.3. The van der Waals surface area contributed by atoms with Crippen molar-refractivity contribution in [3.8, 4) is 0 Å². The summed E-state index contributed by atoms with van der Waals surface area (Å²) in [4.78, 5) is 115. The van der Waals surface area contributed by atoms with Crippen molar-refractivity contribution in [3.05, 3.63) is 36.0 Å². The molecule has 0 spiro atoms. The number of aliphatic hydroxyl groups is 2. The Balaban J connectivity index is 1.51. The summed E-state index contributed by atoms with van der Waals surface area (Å²) in [6, 6.07) is -1.21. The highest BCUT2D eigenvalue weighted by Gasteiger charge is 2.55. The van der Waals surface area contributed by atoms with Crippen LogP contribution in [0, 0.1) is 35.5 Å². The number of ether oxygens (including phenoxy) is 8. The monoisotopic (exact) mass is 1490 g/mol. The molecule has 0 aromatic rings. The lowest BCUT2D eigenvalue weighted by Crippen LogP contribution is -2.61. The fourth-order valence-electron chi connectivity index (χ4n) is 16.6. The van der Waals surface area contributed by atoms with Gasteiger partial charge in [-0.05, 0) is 133 Å². The Kier molecular flexibility index (Phi) is 47.6. The Morgan fingerprint density at radius 3 is 1.60 bits per heavy atom. The number of cyclic esters (lactones) is 1. The molecule has 0 radical (unpaired) electrons. The molecule has 1 amide bonds. The molecule has 4 rings (SSSR count). The summed E-state index contributed by atoms with van der Waals surface area (Å²) >= 11 is 0. The number of carbonyl (C=O) groups excluding carboxylic acids is 8. The van der Waals surface area contributed by atoms with Crippen LogP contribution in [-0.4, -0.2) is 158 Å². The minimum atomic E-state index is -2.10. The summed E-state index contributed by atoms with van der Waals surface area (Å²) in [5.74, 6) is -7.76. The largest absolute Gasteiger partial charge is 0.462 e. The van der Waals surface area contributed by atoms with E-state index in [1.807, 2.05) is 26.0 Å². The van der Waals surface area contributed by atoms with Gasteiger partial charge >= 0.3 is 29.8 Å². The number of fused-ring (bicyclic) bond motifs is 3. The molecule has 2 aliphatic heterocycles. The number of ketones is 2. The molecule has 3 fully saturated rings. The van der Waals surface area contributed by atoms with Crippen LogP contribution in [0.15, 0.2) is 36.0 Å². The number of aliphatic hydroxyl groups excluding tert-OH is 1. The van der Waals surface area contributed by atoms with Gasteiger partial charge in [0.1, 0.15) is 42.8 Å². The first-order chi connectivity index (χ1) is 51.0. The number of piperidine rings is 1. The molecule has 2 heterocycles. The van der Waals surface area contributed by atoms with Gasteiger partial charge in [0, 0.05) is 77.7 Å². The Morgan fingerprint density at radius 1 is 0.613 bits per heavy atom. The van der Waals surface area contributed by atoms with E-state index in [2.05, 4.69) is 27.4 Å². The van der Waals surface area contributed by atoms with Crippen molar-refractivity contribution >= 4 is 47.3 Å². The van der Waals surface area contributed by atoms with E-state index in [4.69, 9.17) is 37.9 Å². The predicted octanol–water partition coefficient (Wildman–Crippen LogP) is 17.8. The Bertz CT molecular complexity index is 2580. The Hall–Kier alpha value is -4.82. The Morgan fingerprint density at radius 2 is 1.09 bits per heavy atom. The topological polar surface area (TPSA) is 254 Å². The molecule has 2 saturated carbocycles. The third-order valence-electron chi connectivity index (χ3n) is 23.2. The SMILES string of the molecule is C=CC[C@@H]1/C=C(\C)C[C@H](C)C[C@H](OC)C2C[C@@](O)(C(=O)C(=O)N3CCCC[C@H]3C(=O)OC(/C(C)=C/[C@@H]3CC[C@@H](O)[C@H](OC)C3)[C@H](C)[C@@H](OC(=O)CCCCCC(=O)OC(COC(=O)CCCCCCCCCCCCCCC)COC(=O)CCCCCCCCCCCCCCC)CC1=O)[C@H](C)C[C@@H]2OC. The van der Waals surface area contributed by atoms with Gasteiger partial charge in [0.2, 0.25) is 0 Å². The zero-order valence-electron chi connectivity index (χ0n) is 67.8. The van der Waals surface area contributed by atoms with Crippen LogP contribution < -0.4 is 0 Å². The lowest BCUT2D eigenvalue weighted by atomic mass is 9.65. The number of unbranched alkanes of at least 4 members (excludes halogenated alkanes) is 26. The van der Waals surface area contributed by atoms with Crippen molar-refractivity contribution in [2.45, 2.75) is 392 Å². The molecule has 0 aromatic carbocycles. The molecule has 2 bridgehead atoms. The number of Topliss-reactive ketones (excluding diaryl/α,β-unsaturated/α-hetero) is 2. The average Bonchev–Trinajstić information content (AvgIpc) is 0.776. The van der Waals surface area contributed by atoms with E-state index in [-0.39, 0.29) is 88.7 Å². The Labute approximate surface area is 640 Å². The van der Waals surface area contributed by atoms with E-state index in [1.54, 1.807) is 41.3 Å². The van der Waals surface area contributed by atoms with E-state index < -0.39 is 120 Å². The number of nitrogens with zero attached hydrogens (tertiary/aromatic N) is 1. The normalized spacial score (nSPS) is 27.3. The van der Waals surface area contributed by atoms with Crippen molar-refractivity contribution < 1.29 is 86.5 Å². The van der Waals surface area contributed by atoms with Gasteiger partial charge < -0.3 is 53.0 Å². The quantitative estimate of drug-likeness (QED) is 0.0189. The summed E-state index contributed by atoms with van der Waals surface area (Å²) in [6.45, 7) is 17.4. The van der Waals surface area contributed by atoms with Gasteiger partial charge in [0.15, 0.2) is 6.10 Å². The van der Waals surface area contributed by atoms with E-state index in [0.717, 1.165) is 44.1 Å². The molecule has 2 aliphatic carbocycles. The van der Waals surface area contributed by atoms with Gasteiger partial charge in [0.05, 0.1) is 24.4 Å². The number of allylic oxidation sites excluding steroid dienone is 4. The molecule has 608 valence electrons. The second-order valence-electron chi connectivity index (χ2n) is 32.3. The van der Waals surface area contributed by atoms with Gasteiger partial charge in [0.25, 0.3) is 11.7 Å². The van der Waals surface area contributed by atoms with Crippen LogP contribution in [0.1, 0.15) is 337 Å². The molecular weight excluding hydrogens is 1350 g/mol. The summed E-state index contributed by atoms with van der Waals surface area (Å²) < 4.78 is 48.0. The molecule has 2 N–H and O–H groups in total. The van der Waals surface area contributed by atoms with Gasteiger partial charge in [-0.3, -0.25) is 33.6 Å². The first kappa shape index (κ1) is 93.6. The lowest BCUT2D eigenvalue weighted by molar-refractivity contribution is -0.178. The molecule has 19 nitrogen and oxygen atoms in total. The average molecular weight is 1500 g/mol. The molecule has 106 heavy (non-hydrogen) atoms. The van der Waals surface area contributed by atoms with Crippen molar-refractivity contribution in [1.29, 1.82) is 0 Å². The summed E-state index contributed by atoms with van der Waals surface area (Å²) in [7, 11) is 4.74. The molecule has 1 saturated heterocycles. The highest BCUT2D eigenvalue weighted by molar-refractivity contribution is 6.39. The van der Waals surface area contributed by atoms with Crippen LogP contribution >= 0.6 is 0 Å². The van der Waals surface area contributed by atoms with Crippen molar-refractivity contribution in [1.82, 2.24) is 4.90 Å². The second-order valence-corrected chi connectivity index (χ2v) is 32.3. The number of methoxy groups -OCH3 is 3. The van der Waals surface area contributed by atoms with E-state index in [0.29, 0.717) is 89.0 Å². The summed E-state index contributed by atoms with van der Waals surface area (Å²) in [6.07, 6.45) is 36.6. The van der Waals surface area contributed by atoms with Gasteiger partial charge in [-0.15, -0.1) is 6.58 Å². The number of hydrogen-bond donors (Lipinski definition) is 2. The standard InChI is InChI=1S/C87H147NO18/c1-12-15-17-19-21-23-25-27-29-31-33-35-38-46-79(91)102-61-70(62-103-80(92)47-39-36-34-32-30-28-26-24-22-20-18-16-13-2)104-81(93)48-40-37-41-49-82(94)105-75-59-74(90)69(44-14-3)54-63(4)53-64(5)55-76(99-9)71-60-87(98,66(7)57-77(71)100-10)84(95)85(96)88-52-43-42-45-72(88)86(97)106-83(67(75)8)65(6)56-68-50-51-73(89)78(58-68)101-11/h14,54,56,64,66-73,75-78,83,89,98H,3,12-13,15-53,55,57-62H2,1-2,4-11H3/b63-54+,65-56+/t64-,66+,67+,68-,69+,71?,72-,73+,75-,76-,77-,78+,83?,87-/m0/s1. The highest BCUT2D eigenvalue weighted by Crippen LogP contribution is 2.44.